The number of hydrogen-bond acceptors (Lipinski definition) is 7. The average molecular weight is 506 g/mol. The minimum atomic E-state index is -1.12. The van der Waals surface area contributed by atoms with E-state index in [0.29, 0.717) is 27.6 Å². The number of carboxylic acids is 1. The predicted molar refractivity (Wildman–Crippen MR) is 129 cm³/mol. The molecule has 1 heterocycles. The molecule has 0 radical (unpaired) electrons. The fraction of sp³-hybridized carbons (Fsp3) is 0.348. The van der Waals surface area contributed by atoms with Crippen LogP contribution in [0.25, 0.3) is 0 Å². The summed E-state index contributed by atoms with van der Waals surface area (Å²) in [6.45, 7) is 5.15. The number of rotatable bonds is 9. The molecule has 1 aliphatic rings. The SMILES string of the molecule is Cc1cc(OCC(=O)NN2C(=O)C(CC(=O)O)SC2c2ccccc2Cl)c(C(C)C)cc1N=O. The Labute approximate surface area is 205 Å². The Morgan fingerprint density at radius 1 is 1.29 bits per heavy atom. The number of aryl methyl sites for hydroxylation is 1. The van der Waals surface area contributed by atoms with E-state index in [0.717, 1.165) is 22.3 Å². The molecule has 1 aliphatic heterocycles. The van der Waals surface area contributed by atoms with Gasteiger partial charge in [0.05, 0.1) is 11.7 Å². The van der Waals surface area contributed by atoms with Crippen LogP contribution >= 0.6 is 23.4 Å². The van der Waals surface area contributed by atoms with E-state index >= 15 is 0 Å². The maximum Gasteiger partial charge on any atom is 0.305 e. The first-order valence-electron chi connectivity index (χ1n) is 10.5. The van der Waals surface area contributed by atoms with Crippen molar-refractivity contribution in [3.8, 4) is 5.75 Å². The van der Waals surface area contributed by atoms with E-state index in [1.165, 1.54) is 0 Å². The van der Waals surface area contributed by atoms with E-state index in [1.807, 2.05) is 13.8 Å². The van der Waals surface area contributed by atoms with E-state index in [4.69, 9.17) is 21.4 Å². The molecule has 2 aromatic rings. The van der Waals surface area contributed by atoms with Crippen molar-refractivity contribution in [3.63, 3.8) is 0 Å². The van der Waals surface area contributed by atoms with Crippen LogP contribution in [-0.2, 0) is 14.4 Å². The van der Waals surface area contributed by atoms with Gasteiger partial charge in [0.1, 0.15) is 16.8 Å². The molecule has 2 N–H and O–H groups in total. The summed E-state index contributed by atoms with van der Waals surface area (Å²) in [4.78, 5) is 47.9. The van der Waals surface area contributed by atoms with Crippen molar-refractivity contribution in [2.75, 3.05) is 6.61 Å². The molecule has 9 nitrogen and oxygen atoms in total. The maximum absolute atomic E-state index is 12.9. The minimum absolute atomic E-state index is 0.0112. The van der Waals surface area contributed by atoms with Crippen LogP contribution in [0.5, 0.6) is 5.75 Å². The maximum atomic E-state index is 12.9. The Morgan fingerprint density at radius 3 is 2.62 bits per heavy atom. The number of nitroso groups, excluding NO2 is 1. The summed E-state index contributed by atoms with van der Waals surface area (Å²) in [5, 5.41) is 12.1. The molecule has 2 unspecified atom stereocenters. The third kappa shape index (κ3) is 5.68. The second-order valence-corrected chi connectivity index (χ2v) is 9.75. The summed E-state index contributed by atoms with van der Waals surface area (Å²) in [7, 11) is 0. The Hall–Kier alpha value is -3.11. The smallest absolute Gasteiger partial charge is 0.305 e. The lowest BCUT2D eigenvalue weighted by Crippen LogP contribution is -2.47. The molecule has 1 fully saturated rings. The van der Waals surface area contributed by atoms with Gasteiger partial charge in [-0.1, -0.05) is 43.6 Å². The summed E-state index contributed by atoms with van der Waals surface area (Å²) in [6.07, 6.45) is -0.387. The van der Waals surface area contributed by atoms with Gasteiger partial charge in [0, 0.05) is 10.6 Å². The standard InChI is InChI=1S/C23H24ClN3O6S/c1-12(2)15-9-17(26-32)13(3)8-18(15)33-11-20(28)25-27-22(31)19(10-21(29)30)34-23(27)14-6-4-5-7-16(14)24/h4-9,12,19,23H,10-11H2,1-3H3,(H,25,28)(H,29,30). The highest BCUT2D eigenvalue weighted by Gasteiger charge is 2.43. The van der Waals surface area contributed by atoms with Gasteiger partial charge in [0.15, 0.2) is 6.61 Å². The van der Waals surface area contributed by atoms with Gasteiger partial charge >= 0.3 is 5.97 Å². The number of aliphatic carboxylic acids is 1. The zero-order valence-electron chi connectivity index (χ0n) is 18.8. The van der Waals surface area contributed by atoms with E-state index in [2.05, 4.69) is 10.6 Å². The number of hydrazine groups is 1. The fourth-order valence-corrected chi connectivity index (χ4v) is 5.23. The van der Waals surface area contributed by atoms with Crippen LogP contribution in [-0.4, -0.2) is 39.8 Å². The van der Waals surface area contributed by atoms with Crippen LogP contribution in [0.4, 0.5) is 5.69 Å². The van der Waals surface area contributed by atoms with Crippen molar-refractivity contribution < 1.29 is 24.2 Å². The third-order valence-corrected chi connectivity index (χ3v) is 6.99. The number of benzene rings is 2. The Balaban J connectivity index is 1.78. The van der Waals surface area contributed by atoms with Crippen molar-refractivity contribution in [1.82, 2.24) is 10.4 Å². The predicted octanol–water partition coefficient (Wildman–Crippen LogP) is 4.70. The normalized spacial score (nSPS) is 17.7. The topological polar surface area (TPSA) is 125 Å². The first kappa shape index (κ1) is 25.5. The van der Waals surface area contributed by atoms with Gasteiger partial charge in [-0.05, 0) is 47.3 Å². The summed E-state index contributed by atoms with van der Waals surface area (Å²) >= 11 is 7.41. The molecule has 2 aromatic carbocycles. The number of hydrogen-bond donors (Lipinski definition) is 2. The van der Waals surface area contributed by atoms with Crippen molar-refractivity contribution in [2.24, 2.45) is 5.18 Å². The van der Waals surface area contributed by atoms with Crippen LogP contribution in [0.15, 0.2) is 41.6 Å². The molecule has 0 bridgehead atoms. The lowest BCUT2D eigenvalue weighted by atomic mass is 9.99. The number of nitrogens with one attached hydrogen (secondary N) is 1. The number of carboxylic acid groups (broad SMARTS) is 1. The van der Waals surface area contributed by atoms with Gasteiger partial charge in [-0.2, -0.15) is 0 Å². The highest BCUT2D eigenvalue weighted by Crippen LogP contribution is 2.45. The van der Waals surface area contributed by atoms with Crippen molar-refractivity contribution in [2.45, 2.75) is 43.7 Å². The van der Waals surface area contributed by atoms with Crippen LogP contribution in [0.2, 0.25) is 5.02 Å². The van der Waals surface area contributed by atoms with Gasteiger partial charge in [-0.15, -0.1) is 16.7 Å². The third-order valence-electron chi connectivity index (χ3n) is 5.22. The molecule has 34 heavy (non-hydrogen) atoms. The Bertz CT molecular complexity index is 1130. The molecule has 0 saturated carbocycles. The number of nitrogens with zero attached hydrogens (tertiary/aromatic N) is 2. The highest BCUT2D eigenvalue weighted by molar-refractivity contribution is 8.01. The van der Waals surface area contributed by atoms with Gasteiger partial charge in [0.25, 0.3) is 11.8 Å². The quantitative estimate of drug-likeness (QED) is 0.473. The lowest BCUT2D eigenvalue weighted by Gasteiger charge is -2.25. The Kier molecular flexibility index (Phi) is 8.16. The number of carbonyl (C=O) groups excluding carboxylic acids is 2. The molecular weight excluding hydrogens is 482 g/mol. The van der Waals surface area contributed by atoms with Crippen molar-refractivity contribution >= 4 is 46.8 Å². The highest BCUT2D eigenvalue weighted by atomic mass is 35.5. The van der Waals surface area contributed by atoms with Crippen molar-refractivity contribution in [3.05, 3.63) is 63.0 Å². The minimum Gasteiger partial charge on any atom is -0.483 e. The monoisotopic (exact) mass is 505 g/mol. The second-order valence-electron chi connectivity index (χ2n) is 8.05. The molecular formula is C23H24ClN3O6S. The van der Waals surface area contributed by atoms with E-state index in [9.17, 15) is 19.3 Å². The molecule has 2 amide bonds. The molecule has 0 spiro atoms. The fourth-order valence-electron chi connectivity index (χ4n) is 3.51. The van der Waals surface area contributed by atoms with Gasteiger partial charge in [0.2, 0.25) is 0 Å². The van der Waals surface area contributed by atoms with Gasteiger partial charge in [-0.3, -0.25) is 19.8 Å². The average Bonchev–Trinajstić information content (AvgIpc) is 3.06. The molecule has 180 valence electrons. The number of halogens is 1. The number of amides is 2. The van der Waals surface area contributed by atoms with Crippen LogP contribution in [0, 0.1) is 11.8 Å². The Morgan fingerprint density at radius 2 is 2.00 bits per heavy atom. The summed E-state index contributed by atoms with van der Waals surface area (Å²) in [5.41, 5.74) is 4.74. The van der Waals surface area contributed by atoms with E-state index < -0.39 is 35.0 Å². The molecule has 1 saturated heterocycles. The van der Waals surface area contributed by atoms with E-state index in [1.54, 1.807) is 43.3 Å². The first-order chi connectivity index (χ1) is 16.1. The number of thioether (sulfide) groups is 1. The van der Waals surface area contributed by atoms with E-state index in [-0.39, 0.29) is 12.3 Å². The lowest BCUT2D eigenvalue weighted by molar-refractivity contribution is -0.144. The molecule has 11 heteroatoms. The summed E-state index contributed by atoms with van der Waals surface area (Å²) in [6, 6.07) is 10.1. The molecule has 0 aliphatic carbocycles. The van der Waals surface area contributed by atoms with Crippen molar-refractivity contribution in [1.29, 1.82) is 0 Å². The van der Waals surface area contributed by atoms with Crippen LogP contribution in [0.1, 0.15) is 48.3 Å². The summed E-state index contributed by atoms with van der Waals surface area (Å²) in [5.74, 6) is -1.82. The second kappa shape index (κ2) is 10.9. The zero-order valence-corrected chi connectivity index (χ0v) is 20.4. The largest absolute Gasteiger partial charge is 0.483 e. The summed E-state index contributed by atoms with van der Waals surface area (Å²) < 4.78 is 5.72. The molecule has 2 atom stereocenters. The van der Waals surface area contributed by atoms with Crippen LogP contribution < -0.4 is 10.2 Å². The zero-order chi connectivity index (χ0) is 25.0. The van der Waals surface area contributed by atoms with Crippen LogP contribution in [0.3, 0.4) is 0 Å². The molecule has 3 rings (SSSR count). The number of ether oxygens (including phenoxy) is 1. The first-order valence-corrected chi connectivity index (χ1v) is 11.8. The van der Waals surface area contributed by atoms with Gasteiger partial charge < -0.3 is 9.84 Å². The number of carbonyl (C=O) groups is 3. The molecule has 0 aromatic heterocycles. The van der Waals surface area contributed by atoms with Gasteiger partial charge in [-0.25, -0.2) is 5.01 Å².